The third-order valence-corrected chi connectivity index (χ3v) is 7.88. The summed E-state index contributed by atoms with van der Waals surface area (Å²) in [6, 6.07) is 27.7. The van der Waals surface area contributed by atoms with E-state index < -0.39 is 5.60 Å². The van der Waals surface area contributed by atoms with Crippen LogP contribution < -0.4 is 19.7 Å². The van der Waals surface area contributed by atoms with Gasteiger partial charge in [-0.05, 0) is 63.6 Å². The van der Waals surface area contributed by atoms with Crippen LogP contribution in [0.2, 0.25) is 0 Å². The lowest BCUT2D eigenvalue weighted by molar-refractivity contribution is 0.0224. The van der Waals surface area contributed by atoms with E-state index in [0.29, 0.717) is 22.8 Å². The standard InChI is InChI=1S/C34H34N2O4/c1-5-22(4)38-32-21-31-28(20-29(32)35-23-13-9-8-10-14-23)34(26-16-12-11-15-25(26)33(37)40-34)27-18-17-24(19-30(27)39-31)36(6-2)7-3/h8-22,35H,5-7H2,1-4H3. The van der Waals surface area contributed by atoms with Crippen LogP contribution in [-0.4, -0.2) is 25.2 Å². The Morgan fingerprint density at radius 1 is 0.850 bits per heavy atom. The van der Waals surface area contributed by atoms with Crippen LogP contribution in [0.5, 0.6) is 17.2 Å². The minimum absolute atomic E-state index is 0.00138. The summed E-state index contributed by atoms with van der Waals surface area (Å²) in [5.74, 6) is 1.60. The number of benzene rings is 4. The molecule has 0 fully saturated rings. The lowest BCUT2D eigenvalue weighted by Crippen LogP contribution is -2.33. The molecule has 2 atom stereocenters. The van der Waals surface area contributed by atoms with Gasteiger partial charge in [0.25, 0.3) is 0 Å². The van der Waals surface area contributed by atoms with Gasteiger partial charge in [-0.1, -0.05) is 43.3 Å². The molecular formula is C34H34N2O4. The molecule has 204 valence electrons. The highest BCUT2D eigenvalue weighted by Gasteiger charge is 2.54. The van der Waals surface area contributed by atoms with Crippen LogP contribution in [0.4, 0.5) is 17.1 Å². The zero-order valence-electron chi connectivity index (χ0n) is 23.4. The van der Waals surface area contributed by atoms with Crippen LogP contribution in [0, 0.1) is 0 Å². The van der Waals surface area contributed by atoms with Crippen molar-refractivity contribution in [3.63, 3.8) is 0 Å². The van der Waals surface area contributed by atoms with Crippen molar-refractivity contribution in [1.29, 1.82) is 0 Å². The molecule has 0 aliphatic carbocycles. The zero-order chi connectivity index (χ0) is 27.9. The molecule has 6 rings (SSSR count). The molecule has 6 heteroatoms. The van der Waals surface area contributed by atoms with Gasteiger partial charge in [-0.3, -0.25) is 0 Å². The van der Waals surface area contributed by atoms with Crippen molar-refractivity contribution in [3.05, 3.63) is 107 Å². The van der Waals surface area contributed by atoms with E-state index in [2.05, 4.69) is 44.0 Å². The number of rotatable bonds is 8. The van der Waals surface area contributed by atoms with Gasteiger partial charge < -0.3 is 24.4 Å². The Kier molecular flexibility index (Phi) is 6.62. The predicted molar refractivity (Wildman–Crippen MR) is 158 cm³/mol. The van der Waals surface area contributed by atoms with E-state index in [1.54, 1.807) is 0 Å². The summed E-state index contributed by atoms with van der Waals surface area (Å²) in [5.41, 5.74) is 4.53. The number of anilines is 3. The van der Waals surface area contributed by atoms with Crippen LogP contribution in [0.15, 0.2) is 84.9 Å². The second kappa shape index (κ2) is 10.3. The number of ether oxygens (including phenoxy) is 3. The Morgan fingerprint density at radius 3 is 2.33 bits per heavy atom. The molecule has 40 heavy (non-hydrogen) atoms. The largest absolute Gasteiger partial charge is 0.488 e. The van der Waals surface area contributed by atoms with Gasteiger partial charge in [0.05, 0.1) is 17.4 Å². The lowest BCUT2D eigenvalue weighted by atomic mass is 9.77. The molecule has 6 nitrogen and oxygen atoms in total. The van der Waals surface area contributed by atoms with Crippen molar-refractivity contribution < 1.29 is 19.0 Å². The van der Waals surface area contributed by atoms with Gasteiger partial charge in [-0.2, -0.15) is 0 Å². The van der Waals surface area contributed by atoms with Crippen LogP contribution in [0.3, 0.4) is 0 Å². The normalized spacial score (nSPS) is 17.2. The van der Waals surface area contributed by atoms with E-state index in [1.165, 1.54) is 0 Å². The molecule has 0 bridgehead atoms. The number of esters is 1. The highest BCUT2D eigenvalue weighted by Crippen LogP contribution is 2.58. The van der Waals surface area contributed by atoms with Crippen LogP contribution >= 0.6 is 0 Å². The molecule has 4 aromatic rings. The number of para-hydroxylation sites is 1. The maximum absolute atomic E-state index is 13.3. The molecular weight excluding hydrogens is 500 g/mol. The number of carbonyl (C=O) groups is 1. The third-order valence-electron chi connectivity index (χ3n) is 7.88. The first-order chi connectivity index (χ1) is 19.5. The maximum atomic E-state index is 13.3. The van der Waals surface area contributed by atoms with Gasteiger partial charge in [0, 0.05) is 53.3 Å². The van der Waals surface area contributed by atoms with E-state index in [4.69, 9.17) is 14.2 Å². The average Bonchev–Trinajstić information content (AvgIpc) is 3.27. The predicted octanol–water partition coefficient (Wildman–Crippen LogP) is 8.02. The van der Waals surface area contributed by atoms with E-state index >= 15 is 0 Å². The summed E-state index contributed by atoms with van der Waals surface area (Å²) in [6.07, 6.45) is 0.853. The fraction of sp³-hybridized carbons (Fsp3) is 0.265. The molecule has 4 aromatic carbocycles. The number of hydrogen-bond donors (Lipinski definition) is 1. The number of carbonyl (C=O) groups excluding carboxylic acids is 1. The van der Waals surface area contributed by atoms with Gasteiger partial charge >= 0.3 is 5.97 Å². The number of hydrogen-bond acceptors (Lipinski definition) is 6. The molecule has 0 aromatic heterocycles. The van der Waals surface area contributed by atoms with Crippen molar-refractivity contribution >= 4 is 23.0 Å². The molecule has 0 saturated heterocycles. The topological polar surface area (TPSA) is 60.0 Å². The van der Waals surface area contributed by atoms with E-state index in [0.717, 1.165) is 53.3 Å². The van der Waals surface area contributed by atoms with Crippen LogP contribution in [0.25, 0.3) is 0 Å². The van der Waals surface area contributed by atoms with E-state index in [9.17, 15) is 4.79 Å². The van der Waals surface area contributed by atoms with E-state index in [-0.39, 0.29) is 12.1 Å². The fourth-order valence-electron chi connectivity index (χ4n) is 5.65. The first-order valence-corrected chi connectivity index (χ1v) is 14.1. The minimum Gasteiger partial charge on any atom is -0.488 e. The quantitative estimate of drug-likeness (QED) is 0.231. The number of nitrogens with zero attached hydrogens (tertiary/aromatic N) is 1. The molecule has 2 aliphatic rings. The second-order valence-electron chi connectivity index (χ2n) is 10.2. The van der Waals surface area contributed by atoms with Crippen LogP contribution in [0.1, 0.15) is 61.2 Å². The van der Waals surface area contributed by atoms with Gasteiger partial charge in [0.1, 0.15) is 17.2 Å². The molecule has 1 spiro atoms. The summed E-state index contributed by atoms with van der Waals surface area (Å²) in [7, 11) is 0. The zero-order valence-corrected chi connectivity index (χ0v) is 23.4. The smallest absolute Gasteiger partial charge is 0.340 e. The fourth-order valence-corrected chi connectivity index (χ4v) is 5.65. The lowest BCUT2D eigenvalue weighted by Gasteiger charge is -2.38. The Morgan fingerprint density at radius 2 is 1.57 bits per heavy atom. The molecule has 0 radical (unpaired) electrons. The Bertz CT molecular complexity index is 1560. The maximum Gasteiger partial charge on any atom is 0.340 e. The van der Waals surface area contributed by atoms with Crippen LogP contribution in [-0.2, 0) is 10.3 Å². The summed E-state index contributed by atoms with van der Waals surface area (Å²) in [4.78, 5) is 15.6. The monoisotopic (exact) mass is 534 g/mol. The Hall–Kier alpha value is -4.45. The molecule has 1 N–H and O–H groups in total. The third kappa shape index (κ3) is 4.15. The summed E-state index contributed by atoms with van der Waals surface area (Å²) >= 11 is 0. The number of fused-ring (bicyclic) bond motifs is 6. The van der Waals surface area contributed by atoms with Gasteiger partial charge in [-0.15, -0.1) is 0 Å². The highest BCUT2D eigenvalue weighted by atomic mass is 16.6. The average molecular weight is 535 g/mol. The summed E-state index contributed by atoms with van der Waals surface area (Å²) < 4.78 is 19.4. The van der Waals surface area contributed by atoms with Crippen molar-refractivity contribution in [3.8, 4) is 17.2 Å². The minimum atomic E-state index is -1.15. The van der Waals surface area contributed by atoms with Crippen molar-refractivity contribution in [2.45, 2.75) is 45.8 Å². The first kappa shape index (κ1) is 25.8. The first-order valence-electron chi connectivity index (χ1n) is 14.1. The van der Waals surface area contributed by atoms with Gasteiger partial charge in [-0.25, -0.2) is 4.79 Å². The SMILES string of the molecule is CCC(C)Oc1cc2c(cc1Nc1ccccc1)C1(OC(=O)c3ccccc31)c1ccc(N(CC)CC)cc1O2. The molecule has 2 unspecified atom stereocenters. The van der Waals surface area contributed by atoms with Crippen molar-refractivity contribution in [1.82, 2.24) is 0 Å². The Labute approximate surface area is 235 Å². The molecule has 0 saturated carbocycles. The second-order valence-corrected chi connectivity index (χ2v) is 10.2. The van der Waals surface area contributed by atoms with Crippen molar-refractivity contribution in [2.24, 2.45) is 0 Å². The van der Waals surface area contributed by atoms with Gasteiger partial charge in [0.15, 0.2) is 5.60 Å². The van der Waals surface area contributed by atoms with E-state index in [1.807, 2.05) is 78.9 Å². The highest BCUT2D eigenvalue weighted by molar-refractivity contribution is 5.97. The van der Waals surface area contributed by atoms with Crippen molar-refractivity contribution in [2.75, 3.05) is 23.3 Å². The molecule has 0 amide bonds. The molecule has 2 aliphatic heterocycles. The van der Waals surface area contributed by atoms with Gasteiger partial charge in [0.2, 0.25) is 0 Å². The summed E-state index contributed by atoms with van der Waals surface area (Å²) in [5, 5.41) is 3.53. The summed E-state index contributed by atoms with van der Waals surface area (Å²) in [6.45, 7) is 10.2. The molecule has 2 heterocycles. The number of nitrogens with one attached hydrogen (secondary N) is 1. The Balaban J connectivity index is 1.60.